The van der Waals surface area contributed by atoms with Gasteiger partial charge in [0.2, 0.25) is 0 Å². The minimum absolute atomic E-state index is 0.172. The number of nitrogens with zero attached hydrogens (tertiary/aromatic N) is 2. The lowest BCUT2D eigenvalue weighted by Gasteiger charge is -2.14. The van der Waals surface area contributed by atoms with Crippen LogP contribution in [0.3, 0.4) is 0 Å². The number of nitrogens with one attached hydrogen (secondary N) is 1. The Bertz CT molecular complexity index is 1450. The lowest BCUT2D eigenvalue weighted by Crippen LogP contribution is -2.10. The van der Waals surface area contributed by atoms with Gasteiger partial charge in [0.1, 0.15) is 17.5 Å². The van der Waals surface area contributed by atoms with Gasteiger partial charge >= 0.3 is 5.97 Å². The number of rotatable bonds is 4. The van der Waals surface area contributed by atoms with Crippen LogP contribution < -0.4 is 5.32 Å². The van der Waals surface area contributed by atoms with Crippen molar-refractivity contribution in [3.05, 3.63) is 112 Å². The number of aromatic carboxylic acids is 1. The summed E-state index contributed by atoms with van der Waals surface area (Å²) in [7, 11) is 0. The van der Waals surface area contributed by atoms with Gasteiger partial charge in [0.25, 0.3) is 0 Å². The number of aromatic nitrogens is 1. The van der Waals surface area contributed by atoms with Crippen LogP contribution in [-0.2, 0) is 6.54 Å². The van der Waals surface area contributed by atoms with Crippen molar-refractivity contribution >= 4 is 34.8 Å². The molecule has 2 heterocycles. The summed E-state index contributed by atoms with van der Waals surface area (Å²) >= 11 is 6.25. The van der Waals surface area contributed by atoms with Crippen LogP contribution in [0.4, 0.5) is 20.3 Å². The molecule has 5 rings (SSSR count). The smallest absolute Gasteiger partial charge is 0.335 e. The third-order valence-corrected chi connectivity index (χ3v) is 5.76. The molecule has 0 atom stereocenters. The number of carboxylic acid groups (broad SMARTS) is 1. The average molecular weight is 476 g/mol. The molecule has 1 aliphatic rings. The first kappa shape index (κ1) is 21.7. The summed E-state index contributed by atoms with van der Waals surface area (Å²) < 4.78 is 29.3. The molecule has 5 nitrogen and oxygen atoms in total. The Balaban J connectivity index is 1.59. The van der Waals surface area contributed by atoms with E-state index < -0.39 is 17.6 Å². The second kappa shape index (κ2) is 8.68. The summed E-state index contributed by atoms with van der Waals surface area (Å²) in [5.41, 5.74) is 3.61. The molecule has 0 saturated heterocycles. The van der Waals surface area contributed by atoms with Crippen molar-refractivity contribution in [2.45, 2.75) is 6.54 Å². The molecule has 8 heteroatoms. The Morgan fingerprint density at radius 3 is 2.38 bits per heavy atom. The van der Waals surface area contributed by atoms with Crippen LogP contribution in [0.5, 0.6) is 0 Å². The number of anilines is 2. The molecule has 1 aromatic heterocycles. The van der Waals surface area contributed by atoms with E-state index in [0.717, 1.165) is 11.1 Å². The van der Waals surface area contributed by atoms with Crippen molar-refractivity contribution < 1.29 is 18.7 Å². The van der Waals surface area contributed by atoms with Gasteiger partial charge in [-0.2, -0.15) is 0 Å². The summed E-state index contributed by atoms with van der Waals surface area (Å²) in [6.07, 6.45) is 1.66. The number of pyridine rings is 1. The molecule has 0 bridgehead atoms. The van der Waals surface area contributed by atoms with Gasteiger partial charge in [-0.05, 0) is 71.3 Å². The topological polar surface area (TPSA) is 74.6 Å². The van der Waals surface area contributed by atoms with E-state index in [1.165, 1.54) is 30.3 Å². The molecule has 3 aromatic carbocycles. The fourth-order valence-electron chi connectivity index (χ4n) is 3.91. The van der Waals surface area contributed by atoms with Gasteiger partial charge in [0.05, 0.1) is 23.4 Å². The Labute approximate surface area is 198 Å². The van der Waals surface area contributed by atoms with Crippen molar-refractivity contribution in [2.24, 2.45) is 4.99 Å². The number of benzene rings is 3. The maximum absolute atomic E-state index is 14.7. The van der Waals surface area contributed by atoms with E-state index in [-0.39, 0.29) is 23.4 Å². The largest absolute Gasteiger partial charge is 0.478 e. The summed E-state index contributed by atoms with van der Waals surface area (Å²) in [5.74, 6) is -1.91. The van der Waals surface area contributed by atoms with Crippen LogP contribution in [-0.4, -0.2) is 21.8 Å². The minimum Gasteiger partial charge on any atom is -0.478 e. The van der Waals surface area contributed by atoms with Gasteiger partial charge in [-0.25, -0.2) is 18.6 Å². The number of fused-ring (bicyclic) bond motifs is 3. The molecular formula is C26H16ClF2N3O2. The zero-order chi connectivity index (χ0) is 23.8. The number of aliphatic imine (C=N–C) groups is 1. The van der Waals surface area contributed by atoms with Crippen molar-refractivity contribution in [3.63, 3.8) is 0 Å². The van der Waals surface area contributed by atoms with Gasteiger partial charge in [-0.3, -0.25) is 4.99 Å². The van der Waals surface area contributed by atoms with Crippen LogP contribution in [0.2, 0.25) is 5.02 Å². The maximum Gasteiger partial charge on any atom is 0.335 e. The molecule has 2 N–H and O–H groups in total. The number of carbonyl (C=O) groups is 1. The zero-order valence-corrected chi connectivity index (χ0v) is 18.3. The first-order valence-corrected chi connectivity index (χ1v) is 10.7. The van der Waals surface area contributed by atoms with Crippen LogP contribution in [0.15, 0.2) is 77.9 Å². The standard InChI is InChI=1S/C26H16ClF2N3O2/c27-16-6-9-18-19-11-23(32-17-7-4-14(5-8-17)26(33)34)30-12-15(19)13-31-25(20(18)10-16)24-21(28)2-1-3-22(24)29/h1-12H,13H2,(H,30,32)(H,33,34). The molecule has 0 spiro atoms. The van der Waals surface area contributed by atoms with E-state index in [9.17, 15) is 13.6 Å². The van der Waals surface area contributed by atoms with Gasteiger partial charge < -0.3 is 10.4 Å². The zero-order valence-electron chi connectivity index (χ0n) is 17.5. The van der Waals surface area contributed by atoms with Crippen LogP contribution in [0.25, 0.3) is 11.1 Å². The van der Waals surface area contributed by atoms with E-state index in [0.29, 0.717) is 27.7 Å². The van der Waals surface area contributed by atoms with Crippen LogP contribution >= 0.6 is 11.6 Å². The Morgan fingerprint density at radius 2 is 1.68 bits per heavy atom. The molecule has 168 valence electrons. The summed E-state index contributed by atoms with van der Waals surface area (Å²) in [5, 5.41) is 12.6. The Morgan fingerprint density at radius 1 is 0.941 bits per heavy atom. The Hall–Kier alpha value is -4.10. The monoisotopic (exact) mass is 475 g/mol. The molecule has 0 radical (unpaired) electrons. The van der Waals surface area contributed by atoms with Crippen molar-refractivity contribution in [1.82, 2.24) is 4.98 Å². The number of carboxylic acids is 1. The second-order valence-electron chi connectivity index (χ2n) is 7.69. The third kappa shape index (κ3) is 4.02. The predicted molar refractivity (Wildman–Crippen MR) is 127 cm³/mol. The second-order valence-corrected chi connectivity index (χ2v) is 8.12. The summed E-state index contributed by atoms with van der Waals surface area (Å²) in [6, 6.07) is 17.0. The third-order valence-electron chi connectivity index (χ3n) is 5.52. The lowest BCUT2D eigenvalue weighted by molar-refractivity contribution is 0.0697. The fourth-order valence-corrected chi connectivity index (χ4v) is 4.08. The molecule has 1 aliphatic heterocycles. The van der Waals surface area contributed by atoms with Crippen molar-refractivity contribution in [2.75, 3.05) is 5.32 Å². The summed E-state index contributed by atoms with van der Waals surface area (Å²) in [4.78, 5) is 20.1. The number of halogens is 3. The van der Waals surface area contributed by atoms with Crippen molar-refractivity contribution in [3.8, 4) is 11.1 Å². The molecule has 0 saturated carbocycles. The fraction of sp³-hybridized carbons (Fsp3) is 0.0385. The van der Waals surface area contributed by atoms with E-state index in [1.54, 1.807) is 36.5 Å². The predicted octanol–water partition coefficient (Wildman–Crippen LogP) is 6.47. The van der Waals surface area contributed by atoms with E-state index in [1.807, 2.05) is 6.07 Å². The first-order chi connectivity index (χ1) is 16.4. The molecule has 0 amide bonds. The van der Waals surface area contributed by atoms with E-state index >= 15 is 0 Å². The molecule has 0 fully saturated rings. The van der Waals surface area contributed by atoms with E-state index in [4.69, 9.17) is 16.7 Å². The minimum atomic E-state index is -1.01. The molecule has 4 aromatic rings. The van der Waals surface area contributed by atoms with Crippen LogP contribution in [0.1, 0.15) is 27.0 Å². The number of hydrogen-bond donors (Lipinski definition) is 2. The van der Waals surface area contributed by atoms with Gasteiger partial charge in [0.15, 0.2) is 0 Å². The Kier molecular flexibility index (Phi) is 5.55. The maximum atomic E-state index is 14.7. The highest BCUT2D eigenvalue weighted by Crippen LogP contribution is 2.36. The normalized spacial score (nSPS) is 12.3. The van der Waals surface area contributed by atoms with Gasteiger partial charge in [-0.15, -0.1) is 0 Å². The quantitative estimate of drug-likeness (QED) is 0.354. The highest BCUT2D eigenvalue weighted by atomic mass is 35.5. The van der Waals surface area contributed by atoms with Crippen molar-refractivity contribution in [1.29, 1.82) is 0 Å². The molecule has 0 unspecified atom stereocenters. The lowest BCUT2D eigenvalue weighted by atomic mass is 9.92. The molecule has 34 heavy (non-hydrogen) atoms. The molecule has 0 aliphatic carbocycles. The van der Waals surface area contributed by atoms with E-state index in [2.05, 4.69) is 15.3 Å². The average Bonchev–Trinajstić information content (AvgIpc) is 2.96. The van der Waals surface area contributed by atoms with Gasteiger partial charge in [0, 0.05) is 22.5 Å². The molecular weight excluding hydrogens is 460 g/mol. The van der Waals surface area contributed by atoms with Crippen LogP contribution in [0, 0.1) is 11.6 Å². The SMILES string of the molecule is O=C(O)c1ccc(Nc2cc3c(cn2)CN=C(c2c(F)cccc2F)c2cc(Cl)ccc2-3)cc1. The highest BCUT2D eigenvalue weighted by molar-refractivity contribution is 6.31. The summed E-state index contributed by atoms with van der Waals surface area (Å²) in [6.45, 7) is 0.172. The first-order valence-electron chi connectivity index (χ1n) is 10.3. The number of hydrogen-bond acceptors (Lipinski definition) is 4. The highest BCUT2D eigenvalue weighted by Gasteiger charge is 2.24. The van der Waals surface area contributed by atoms with Gasteiger partial charge in [-0.1, -0.05) is 23.7 Å².